The first-order valence-electron chi connectivity index (χ1n) is 7.80. The molecule has 0 amide bonds. The highest BCUT2D eigenvalue weighted by Gasteiger charge is 2.20. The van der Waals surface area contributed by atoms with Crippen LogP contribution in [0.15, 0.2) is 18.2 Å². The minimum atomic E-state index is 0.108. The second kappa shape index (κ2) is 6.57. The molecule has 1 aliphatic carbocycles. The molecule has 1 heterocycles. The van der Waals surface area contributed by atoms with Crippen molar-refractivity contribution >= 4 is 0 Å². The molecule has 3 heteroatoms. The summed E-state index contributed by atoms with van der Waals surface area (Å²) in [5.41, 5.74) is 1.15. The average Bonchev–Trinajstić information content (AvgIpc) is 2.36. The van der Waals surface area contributed by atoms with Crippen LogP contribution in [-0.4, -0.2) is 16.6 Å². The van der Waals surface area contributed by atoms with E-state index in [-0.39, 0.29) is 5.54 Å². The van der Waals surface area contributed by atoms with E-state index in [0.717, 1.165) is 36.9 Å². The van der Waals surface area contributed by atoms with E-state index < -0.39 is 0 Å². The lowest BCUT2D eigenvalue weighted by Crippen LogP contribution is -2.35. The topological polar surface area (TPSA) is 34.1 Å². The fraction of sp³-hybridized carbons (Fsp3) is 0.706. The molecule has 0 aliphatic heterocycles. The molecule has 1 N–H and O–H groups in total. The number of nitrogens with zero attached hydrogens (tertiary/aromatic N) is 1. The second-order valence-corrected chi connectivity index (χ2v) is 7.08. The van der Waals surface area contributed by atoms with Crippen molar-refractivity contribution < 1.29 is 4.74 Å². The molecule has 0 bridgehead atoms. The number of pyridine rings is 1. The maximum atomic E-state index is 6.06. The van der Waals surface area contributed by atoms with Crippen molar-refractivity contribution in [2.45, 2.75) is 71.6 Å². The van der Waals surface area contributed by atoms with Crippen LogP contribution >= 0.6 is 0 Å². The number of aromatic nitrogens is 1. The summed E-state index contributed by atoms with van der Waals surface area (Å²) in [6.07, 6.45) is 5.28. The molecule has 0 saturated heterocycles. The fourth-order valence-electron chi connectivity index (χ4n) is 2.63. The van der Waals surface area contributed by atoms with Crippen LogP contribution in [0.5, 0.6) is 5.88 Å². The minimum absolute atomic E-state index is 0.108. The molecular weight excluding hydrogens is 248 g/mol. The Morgan fingerprint density at radius 3 is 2.80 bits per heavy atom. The maximum Gasteiger partial charge on any atom is 0.213 e. The molecule has 1 aromatic rings. The van der Waals surface area contributed by atoms with Gasteiger partial charge in [-0.1, -0.05) is 19.4 Å². The number of nitrogens with one attached hydrogen (secondary N) is 1. The molecule has 1 saturated carbocycles. The Morgan fingerprint density at radius 1 is 1.30 bits per heavy atom. The quantitative estimate of drug-likeness (QED) is 0.905. The first kappa shape index (κ1) is 15.3. The van der Waals surface area contributed by atoms with E-state index in [0.29, 0.717) is 6.10 Å². The zero-order chi connectivity index (χ0) is 14.6. The Hall–Kier alpha value is -1.09. The van der Waals surface area contributed by atoms with Crippen molar-refractivity contribution in [2.24, 2.45) is 5.92 Å². The van der Waals surface area contributed by atoms with E-state index in [1.54, 1.807) is 0 Å². The van der Waals surface area contributed by atoms with Gasteiger partial charge in [0, 0.05) is 18.2 Å². The Balaban J connectivity index is 1.92. The largest absolute Gasteiger partial charge is 0.474 e. The fourth-order valence-corrected chi connectivity index (χ4v) is 2.63. The van der Waals surface area contributed by atoms with E-state index in [1.165, 1.54) is 12.8 Å². The summed E-state index contributed by atoms with van der Waals surface area (Å²) in [6.45, 7) is 9.58. The minimum Gasteiger partial charge on any atom is -0.474 e. The van der Waals surface area contributed by atoms with Gasteiger partial charge >= 0.3 is 0 Å². The molecule has 0 aromatic carbocycles. The molecule has 2 atom stereocenters. The van der Waals surface area contributed by atoms with E-state index in [1.807, 2.05) is 12.1 Å². The molecule has 112 valence electrons. The van der Waals surface area contributed by atoms with E-state index in [4.69, 9.17) is 4.74 Å². The van der Waals surface area contributed by atoms with Gasteiger partial charge in [0.05, 0.1) is 5.69 Å². The van der Waals surface area contributed by atoms with Crippen molar-refractivity contribution in [3.05, 3.63) is 23.9 Å². The van der Waals surface area contributed by atoms with Gasteiger partial charge < -0.3 is 10.1 Å². The summed E-state index contributed by atoms with van der Waals surface area (Å²) < 4.78 is 6.06. The smallest absolute Gasteiger partial charge is 0.213 e. The van der Waals surface area contributed by atoms with E-state index in [2.05, 4.69) is 44.1 Å². The predicted octanol–water partition coefficient (Wildman–Crippen LogP) is 3.93. The molecule has 0 radical (unpaired) electrons. The number of ether oxygens (including phenoxy) is 1. The molecule has 2 unspecified atom stereocenters. The second-order valence-electron chi connectivity index (χ2n) is 7.08. The van der Waals surface area contributed by atoms with Crippen LogP contribution in [0.3, 0.4) is 0 Å². The van der Waals surface area contributed by atoms with Crippen LogP contribution in [0.1, 0.15) is 59.1 Å². The average molecular weight is 276 g/mol. The third-order valence-corrected chi connectivity index (χ3v) is 3.76. The van der Waals surface area contributed by atoms with Gasteiger partial charge in [-0.15, -0.1) is 0 Å². The summed E-state index contributed by atoms with van der Waals surface area (Å²) >= 11 is 0. The lowest BCUT2D eigenvalue weighted by molar-refractivity contribution is 0.123. The highest BCUT2D eigenvalue weighted by Crippen LogP contribution is 2.26. The highest BCUT2D eigenvalue weighted by molar-refractivity contribution is 5.16. The van der Waals surface area contributed by atoms with Crippen molar-refractivity contribution in [2.75, 3.05) is 0 Å². The SMILES string of the molecule is CC1CCCC(Oc2cccc(CNC(C)(C)C)n2)C1. The molecule has 1 aromatic heterocycles. The highest BCUT2D eigenvalue weighted by atomic mass is 16.5. The van der Waals surface area contributed by atoms with Crippen molar-refractivity contribution in [1.29, 1.82) is 0 Å². The van der Waals surface area contributed by atoms with E-state index >= 15 is 0 Å². The Morgan fingerprint density at radius 2 is 2.10 bits per heavy atom. The van der Waals surface area contributed by atoms with Gasteiger partial charge in [0.15, 0.2) is 0 Å². The first-order chi connectivity index (χ1) is 9.42. The van der Waals surface area contributed by atoms with Gasteiger partial charge in [-0.2, -0.15) is 0 Å². The number of hydrogen-bond acceptors (Lipinski definition) is 3. The molecule has 2 rings (SSSR count). The summed E-state index contributed by atoms with van der Waals surface area (Å²) in [5.74, 6) is 1.55. The van der Waals surface area contributed by atoms with Crippen LogP contribution in [-0.2, 0) is 6.54 Å². The Labute approximate surface area is 123 Å². The van der Waals surface area contributed by atoms with Crippen LogP contribution < -0.4 is 10.1 Å². The van der Waals surface area contributed by atoms with Crippen LogP contribution in [0.25, 0.3) is 0 Å². The van der Waals surface area contributed by atoms with Crippen LogP contribution in [0, 0.1) is 5.92 Å². The Bertz CT molecular complexity index is 425. The zero-order valence-corrected chi connectivity index (χ0v) is 13.3. The molecule has 0 spiro atoms. The predicted molar refractivity (Wildman–Crippen MR) is 82.9 cm³/mol. The molecule has 1 fully saturated rings. The summed E-state index contributed by atoms with van der Waals surface area (Å²) in [6, 6.07) is 6.06. The third-order valence-electron chi connectivity index (χ3n) is 3.76. The molecular formula is C17H28N2O. The zero-order valence-electron chi connectivity index (χ0n) is 13.3. The molecule has 20 heavy (non-hydrogen) atoms. The first-order valence-corrected chi connectivity index (χ1v) is 7.80. The van der Waals surface area contributed by atoms with Crippen molar-refractivity contribution in [1.82, 2.24) is 10.3 Å². The standard InChI is InChI=1S/C17H28N2O/c1-13-7-5-9-15(11-13)20-16-10-6-8-14(19-16)12-18-17(2,3)4/h6,8,10,13,15,18H,5,7,9,11-12H2,1-4H3. The maximum absolute atomic E-state index is 6.06. The lowest BCUT2D eigenvalue weighted by atomic mass is 9.89. The number of hydrogen-bond donors (Lipinski definition) is 1. The summed E-state index contributed by atoms with van der Waals surface area (Å²) in [4.78, 5) is 4.61. The monoisotopic (exact) mass is 276 g/mol. The normalized spacial score (nSPS) is 23.6. The van der Waals surface area contributed by atoms with Gasteiger partial charge in [0.2, 0.25) is 5.88 Å². The van der Waals surface area contributed by atoms with Gasteiger partial charge in [0.25, 0.3) is 0 Å². The van der Waals surface area contributed by atoms with Crippen molar-refractivity contribution in [3.8, 4) is 5.88 Å². The lowest BCUT2D eigenvalue weighted by Gasteiger charge is -2.27. The van der Waals surface area contributed by atoms with Gasteiger partial charge in [0.1, 0.15) is 6.10 Å². The molecule has 3 nitrogen and oxygen atoms in total. The molecule has 1 aliphatic rings. The third kappa shape index (κ3) is 5.12. The number of rotatable bonds is 4. The summed E-state index contributed by atoms with van der Waals surface area (Å²) in [5, 5.41) is 3.46. The van der Waals surface area contributed by atoms with Gasteiger partial charge in [-0.05, 0) is 52.0 Å². The van der Waals surface area contributed by atoms with E-state index in [9.17, 15) is 0 Å². The summed E-state index contributed by atoms with van der Waals surface area (Å²) in [7, 11) is 0. The van der Waals surface area contributed by atoms with Gasteiger partial charge in [-0.25, -0.2) is 4.98 Å². The van der Waals surface area contributed by atoms with Crippen LogP contribution in [0.2, 0.25) is 0 Å². The van der Waals surface area contributed by atoms with Gasteiger partial charge in [-0.3, -0.25) is 0 Å². The van der Waals surface area contributed by atoms with Crippen LogP contribution in [0.4, 0.5) is 0 Å². The Kier molecular flexibility index (Phi) is 5.03. The van der Waals surface area contributed by atoms with Crippen molar-refractivity contribution in [3.63, 3.8) is 0 Å².